The van der Waals surface area contributed by atoms with Gasteiger partial charge in [0.2, 0.25) is 0 Å². The summed E-state index contributed by atoms with van der Waals surface area (Å²) in [6.45, 7) is 2.64. The van der Waals surface area contributed by atoms with E-state index in [1.54, 1.807) is 29.7 Å². The van der Waals surface area contributed by atoms with Gasteiger partial charge in [-0.1, -0.05) is 0 Å². The maximum Gasteiger partial charge on any atom is 0.356 e. The Morgan fingerprint density at radius 3 is 3.00 bits per heavy atom. The number of esters is 1. The molecule has 18 heavy (non-hydrogen) atoms. The van der Waals surface area contributed by atoms with Gasteiger partial charge < -0.3 is 10.1 Å². The lowest BCUT2D eigenvalue weighted by Gasteiger charge is -2.05. The third-order valence-electron chi connectivity index (χ3n) is 2.29. The van der Waals surface area contributed by atoms with Crippen molar-refractivity contribution in [1.82, 2.24) is 9.97 Å². The van der Waals surface area contributed by atoms with Crippen molar-refractivity contribution in [3.63, 3.8) is 0 Å². The molecule has 0 spiro atoms. The molecule has 0 aliphatic rings. The number of nitrogens with one attached hydrogen (secondary N) is 1. The number of pyridine rings is 1. The van der Waals surface area contributed by atoms with Crippen LogP contribution in [-0.4, -0.2) is 23.0 Å². The molecule has 5 nitrogen and oxygen atoms in total. The number of rotatable bonds is 4. The van der Waals surface area contributed by atoms with E-state index in [4.69, 9.17) is 0 Å². The number of aromatic nitrogens is 2. The van der Waals surface area contributed by atoms with Gasteiger partial charge in [0.15, 0.2) is 0 Å². The van der Waals surface area contributed by atoms with Crippen LogP contribution in [0.2, 0.25) is 0 Å². The summed E-state index contributed by atoms with van der Waals surface area (Å²) in [5.74, 6) is -0.438. The van der Waals surface area contributed by atoms with Gasteiger partial charge in [-0.2, -0.15) is 0 Å². The van der Waals surface area contributed by atoms with E-state index in [9.17, 15) is 4.79 Å². The minimum absolute atomic E-state index is 0.294. The third kappa shape index (κ3) is 3.04. The molecule has 0 unspecified atom stereocenters. The van der Waals surface area contributed by atoms with E-state index in [0.29, 0.717) is 12.2 Å². The van der Waals surface area contributed by atoms with Gasteiger partial charge in [0.1, 0.15) is 5.69 Å². The fourth-order valence-corrected chi connectivity index (χ4v) is 2.17. The van der Waals surface area contributed by atoms with E-state index in [1.165, 1.54) is 7.11 Å². The zero-order chi connectivity index (χ0) is 13.0. The summed E-state index contributed by atoms with van der Waals surface area (Å²) in [5.41, 5.74) is 1.12. The molecule has 2 aromatic heterocycles. The average molecular weight is 263 g/mol. The Balaban J connectivity index is 2.03. The van der Waals surface area contributed by atoms with E-state index < -0.39 is 5.97 Å². The van der Waals surface area contributed by atoms with Crippen LogP contribution in [-0.2, 0) is 11.3 Å². The Bertz CT molecular complexity index is 554. The fraction of sp³-hybridized carbons (Fsp3) is 0.250. The van der Waals surface area contributed by atoms with E-state index in [2.05, 4.69) is 20.0 Å². The smallest absolute Gasteiger partial charge is 0.356 e. The van der Waals surface area contributed by atoms with Crippen LogP contribution in [0, 0.1) is 6.92 Å². The van der Waals surface area contributed by atoms with E-state index in [1.807, 2.05) is 13.1 Å². The highest BCUT2D eigenvalue weighted by Gasteiger charge is 2.07. The van der Waals surface area contributed by atoms with Crippen molar-refractivity contribution >= 4 is 23.0 Å². The number of hydrogen-bond donors (Lipinski definition) is 1. The SMILES string of the molecule is COC(=O)c1cc(NCc2cnc(C)s2)ccn1. The monoisotopic (exact) mass is 263 g/mol. The quantitative estimate of drug-likeness (QED) is 0.857. The summed E-state index contributed by atoms with van der Waals surface area (Å²) < 4.78 is 4.62. The molecule has 0 radical (unpaired) electrons. The van der Waals surface area contributed by atoms with Crippen molar-refractivity contribution in [1.29, 1.82) is 0 Å². The van der Waals surface area contributed by atoms with Gasteiger partial charge in [-0.15, -0.1) is 11.3 Å². The Kier molecular flexibility index (Phi) is 3.88. The molecule has 0 aromatic carbocycles. The van der Waals surface area contributed by atoms with Gasteiger partial charge >= 0.3 is 5.97 Å². The van der Waals surface area contributed by atoms with Crippen LogP contribution in [0.25, 0.3) is 0 Å². The minimum atomic E-state index is -0.438. The Morgan fingerprint density at radius 1 is 1.50 bits per heavy atom. The second-order valence-corrected chi connectivity index (χ2v) is 4.94. The standard InChI is InChI=1S/C12H13N3O2S/c1-8-14-6-10(18-8)7-15-9-3-4-13-11(5-9)12(16)17-2/h3-6H,7H2,1-2H3,(H,13,15). The van der Waals surface area contributed by atoms with E-state index in [0.717, 1.165) is 15.6 Å². The van der Waals surface area contributed by atoms with Gasteiger partial charge in [-0.3, -0.25) is 0 Å². The summed E-state index contributed by atoms with van der Waals surface area (Å²) in [5, 5.41) is 4.25. The molecule has 0 aliphatic heterocycles. The molecule has 2 heterocycles. The third-order valence-corrected chi connectivity index (χ3v) is 3.20. The van der Waals surface area contributed by atoms with Gasteiger partial charge in [0, 0.05) is 23.0 Å². The molecule has 0 amide bonds. The normalized spacial score (nSPS) is 10.1. The predicted octanol–water partition coefficient (Wildman–Crippen LogP) is 2.25. The number of carbonyl (C=O) groups is 1. The zero-order valence-corrected chi connectivity index (χ0v) is 11.0. The number of ether oxygens (including phenoxy) is 1. The Hall–Kier alpha value is -1.95. The lowest BCUT2D eigenvalue weighted by Crippen LogP contribution is -2.05. The maximum absolute atomic E-state index is 11.3. The first-order chi connectivity index (χ1) is 8.69. The Morgan fingerprint density at radius 2 is 2.33 bits per heavy atom. The summed E-state index contributed by atoms with van der Waals surface area (Å²) >= 11 is 1.64. The number of thiazole rings is 1. The van der Waals surface area contributed by atoms with Gasteiger partial charge in [0.25, 0.3) is 0 Å². The highest BCUT2D eigenvalue weighted by atomic mass is 32.1. The highest BCUT2D eigenvalue weighted by molar-refractivity contribution is 7.11. The van der Waals surface area contributed by atoms with Crippen molar-refractivity contribution < 1.29 is 9.53 Å². The van der Waals surface area contributed by atoms with E-state index in [-0.39, 0.29) is 0 Å². The molecule has 0 saturated carbocycles. The first-order valence-electron chi connectivity index (χ1n) is 5.38. The number of hydrogen-bond acceptors (Lipinski definition) is 6. The molecule has 0 atom stereocenters. The van der Waals surface area contributed by atoms with Crippen LogP contribution < -0.4 is 5.32 Å². The number of methoxy groups -OCH3 is 1. The summed E-state index contributed by atoms with van der Waals surface area (Å²) in [4.78, 5) is 20.6. The Labute approximate surface area is 109 Å². The van der Waals surface area contributed by atoms with Crippen LogP contribution in [0.3, 0.4) is 0 Å². The molecule has 0 aliphatic carbocycles. The second-order valence-electron chi connectivity index (χ2n) is 3.62. The molecule has 2 aromatic rings. The predicted molar refractivity (Wildman–Crippen MR) is 69.8 cm³/mol. The molecular weight excluding hydrogens is 250 g/mol. The zero-order valence-electron chi connectivity index (χ0n) is 10.1. The lowest BCUT2D eigenvalue weighted by molar-refractivity contribution is 0.0594. The first kappa shape index (κ1) is 12.5. The van der Waals surface area contributed by atoms with Crippen molar-refractivity contribution in [3.05, 3.63) is 40.1 Å². The topological polar surface area (TPSA) is 64.1 Å². The van der Waals surface area contributed by atoms with Crippen molar-refractivity contribution in [2.45, 2.75) is 13.5 Å². The minimum Gasteiger partial charge on any atom is -0.464 e. The second kappa shape index (κ2) is 5.59. The number of anilines is 1. The lowest BCUT2D eigenvalue weighted by atomic mass is 10.3. The summed E-state index contributed by atoms with van der Waals surface area (Å²) in [6.07, 6.45) is 3.42. The van der Waals surface area contributed by atoms with Crippen LogP contribution in [0.4, 0.5) is 5.69 Å². The van der Waals surface area contributed by atoms with Crippen molar-refractivity contribution in [2.24, 2.45) is 0 Å². The maximum atomic E-state index is 11.3. The summed E-state index contributed by atoms with van der Waals surface area (Å²) in [7, 11) is 1.34. The van der Waals surface area contributed by atoms with Gasteiger partial charge in [-0.25, -0.2) is 14.8 Å². The van der Waals surface area contributed by atoms with Gasteiger partial charge in [0.05, 0.1) is 18.7 Å². The molecule has 94 valence electrons. The number of aryl methyl sites for hydroxylation is 1. The molecule has 6 heteroatoms. The van der Waals surface area contributed by atoms with Crippen molar-refractivity contribution in [2.75, 3.05) is 12.4 Å². The molecule has 0 bridgehead atoms. The van der Waals surface area contributed by atoms with Crippen LogP contribution in [0.5, 0.6) is 0 Å². The van der Waals surface area contributed by atoms with Crippen molar-refractivity contribution in [3.8, 4) is 0 Å². The van der Waals surface area contributed by atoms with Gasteiger partial charge in [-0.05, 0) is 19.1 Å². The molecule has 0 saturated heterocycles. The number of carbonyl (C=O) groups excluding carboxylic acids is 1. The first-order valence-corrected chi connectivity index (χ1v) is 6.20. The average Bonchev–Trinajstić information content (AvgIpc) is 2.81. The molecule has 1 N–H and O–H groups in total. The van der Waals surface area contributed by atoms with Crippen LogP contribution in [0.1, 0.15) is 20.4 Å². The molecular formula is C12H13N3O2S. The summed E-state index contributed by atoms with van der Waals surface area (Å²) in [6, 6.07) is 3.47. The van der Waals surface area contributed by atoms with E-state index >= 15 is 0 Å². The highest BCUT2D eigenvalue weighted by Crippen LogP contribution is 2.15. The largest absolute Gasteiger partial charge is 0.464 e. The molecule has 2 rings (SSSR count). The van der Waals surface area contributed by atoms with Crippen LogP contribution >= 0.6 is 11.3 Å². The van der Waals surface area contributed by atoms with Crippen LogP contribution in [0.15, 0.2) is 24.5 Å². The fourth-order valence-electron chi connectivity index (χ4n) is 1.43. The molecule has 0 fully saturated rings. The number of nitrogens with zero attached hydrogens (tertiary/aromatic N) is 2.